The Hall–Kier alpha value is -2.15. The van der Waals surface area contributed by atoms with Gasteiger partial charge in [-0.05, 0) is 13.0 Å². The monoisotopic (exact) mass is 284 g/mol. The zero-order chi connectivity index (χ0) is 14.0. The Bertz CT molecular complexity index is 629. The number of nitrogens with zero attached hydrogens (tertiary/aromatic N) is 2. The minimum atomic E-state index is -0.821. The van der Waals surface area contributed by atoms with Gasteiger partial charge in [-0.3, -0.25) is 15.2 Å². The molecule has 0 saturated heterocycles. The van der Waals surface area contributed by atoms with Crippen LogP contribution in [0.4, 0.5) is 15.8 Å². The third-order valence-corrected chi connectivity index (χ3v) is 2.93. The van der Waals surface area contributed by atoms with Crippen molar-refractivity contribution in [3.63, 3.8) is 0 Å². The third-order valence-electron chi connectivity index (χ3n) is 2.64. The molecule has 1 heterocycles. The van der Waals surface area contributed by atoms with Gasteiger partial charge in [-0.25, -0.2) is 4.39 Å². The number of hydrogen-bond acceptors (Lipinski definition) is 4. The van der Waals surface area contributed by atoms with E-state index in [-0.39, 0.29) is 16.4 Å². The van der Waals surface area contributed by atoms with Crippen LogP contribution >= 0.6 is 11.6 Å². The van der Waals surface area contributed by atoms with E-state index in [2.05, 4.69) is 15.5 Å². The molecule has 100 valence electrons. The summed E-state index contributed by atoms with van der Waals surface area (Å²) in [7, 11) is 0. The number of aryl methyl sites for hydroxylation is 1. The second kappa shape index (κ2) is 5.23. The second-order valence-electron chi connectivity index (χ2n) is 3.91. The van der Waals surface area contributed by atoms with Crippen LogP contribution in [-0.4, -0.2) is 15.1 Å². The minimum absolute atomic E-state index is 0.164. The Morgan fingerprint density at radius 1 is 1.58 bits per heavy atom. The van der Waals surface area contributed by atoms with E-state index in [9.17, 15) is 14.5 Å². The fourth-order valence-electron chi connectivity index (χ4n) is 1.57. The number of nitro groups is 1. The van der Waals surface area contributed by atoms with Crippen molar-refractivity contribution in [2.45, 2.75) is 13.5 Å². The number of anilines is 1. The van der Waals surface area contributed by atoms with Crippen molar-refractivity contribution in [2.75, 3.05) is 5.32 Å². The summed E-state index contributed by atoms with van der Waals surface area (Å²) in [6, 6.07) is 2.00. The van der Waals surface area contributed by atoms with E-state index in [0.29, 0.717) is 6.54 Å². The molecule has 0 fully saturated rings. The molecule has 19 heavy (non-hydrogen) atoms. The van der Waals surface area contributed by atoms with Gasteiger partial charge in [0.1, 0.15) is 11.5 Å². The van der Waals surface area contributed by atoms with Gasteiger partial charge in [0.05, 0.1) is 22.2 Å². The van der Waals surface area contributed by atoms with Crippen LogP contribution in [0.5, 0.6) is 0 Å². The van der Waals surface area contributed by atoms with Crippen molar-refractivity contribution in [1.82, 2.24) is 10.2 Å². The Kier molecular flexibility index (Phi) is 3.66. The lowest BCUT2D eigenvalue weighted by atomic mass is 10.2. The van der Waals surface area contributed by atoms with Gasteiger partial charge in [0.25, 0.3) is 5.69 Å². The Morgan fingerprint density at radius 2 is 2.32 bits per heavy atom. The number of nitro benzene ring substituents is 1. The zero-order valence-corrected chi connectivity index (χ0v) is 10.7. The van der Waals surface area contributed by atoms with Crippen molar-refractivity contribution in [2.24, 2.45) is 0 Å². The summed E-state index contributed by atoms with van der Waals surface area (Å²) >= 11 is 5.63. The van der Waals surface area contributed by atoms with Crippen LogP contribution in [0, 0.1) is 22.9 Å². The summed E-state index contributed by atoms with van der Waals surface area (Å²) in [4.78, 5) is 10.2. The van der Waals surface area contributed by atoms with E-state index in [1.807, 2.05) is 6.92 Å². The lowest BCUT2D eigenvalue weighted by Gasteiger charge is -2.07. The van der Waals surface area contributed by atoms with Gasteiger partial charge in [0, 0.05) is 17.8 Å². The first-order valence-corrected chi connectivity index (χ1v) is 5.73. The molecule has 8 heteroatoms. The summed E-state index contributed by atoms with van der Waals surface area (Å²) in [6.45, 7) is 2.15. The number of aromatic nitrogens is 2. The number of nitrogens with one attached hydrogen (secondary N) is 2. The number of aromatic amines is 1. The van der Waals surface area contributed by atoms with Gasteiger partial charge in [-0.1, -0.05) is 11.6 Å². The molecule has 6 nitrogen and oxygen atoms in total. The fraction of sp³-hybridized carbons (Fsp3) is 0.182. The second-order valence-corrected chi connectivity index (χ2v) is 4.32. The summed E-state index contributed by atoms with van der Waals surface area (Å²) in [5.41, 5.74) is 1.51. The average Bonchev–Trinajstić information content (AvgIpc) is 2.75. The largest absolute Gasteiger partial charge is 0.375 e. The lowest BCUT2D eigenvalue weighted by Crippen LogP contribution is -2.03. The molecule has 0 aliphatic rings. The van der Waals surface area contributed by atoms with E-state index in [1.54, 1.807) is 6.20 Å². The molecule has 0 amide bonds. The molecule has 0 aliphatic carbocycles. The first-order chi connectivity index (χ1) is 8.99. The van der Waals surface area contributed by atoms with E-state index in [1.165, 1.54) is 6.07 Å². The number of hydrogen-bond donors (Lipinski definition) is 2. The van der Waals surface area contributed by atoms with Crippen LogP contribution in [0.3, 0.4) is 0 Å². The highest BCUT2D eigenvalue weighted by atomic mass is 35.5. The molecular formula is C11H10ClFN4O2. The molecule has 0 unspecified atom stereocenters. The van der Waals surface area contributed by atoms with Crippen LogP contribution in [-0.2, 0) is 6.54 Å². The van der Waals surface area contributed by atoms with Crippen LogP contribution in [0.2, 0.25) is 5.02 Å². The van der Waals surface area contributed by atoms with Crippen LogP contribution in [0.25, 0.3) is 0 Å². The van der Waals surface area contributed by atoms with Gasteiger partial charge >= 0.3 is 0 Å². The highest BCUT2D eigenvalue weighted by molar-refractivity contribution is 6.31. The number of rotatable bonds is 4. The molecular weight excluding hydrogens is 275 g/mol. The highest BCUT2D eigenvalue weighted by Crippen LogP contribution is 2.30. The van der Waals surface area contributed by atoms with Gasteiger partial charge in [-0.2, -0.15) is 5.10 Å². The molecule has 0 spiro atoms. The van der Waals surface area contributed by atoms with Crippen LogP contribution in [0.15, 0.2) is 18.3 Å². The van der Waals surface area contributed by atoms with Gasteiger partial charge in [0.15, 0.2) is 0 Å². The Balaban J connectivity index is 2.26. The quantitative estimate of drug-likeness (QED) is 0.667. The molecule has 0 atom stereocenters. The highest BCUT2D eigenvalue weighted by Gasteiger charge is 2.17. The normalized spacial score (nSPS) is 10.5. The SMILES string of the molecule is Cc1[nH]ncc1CNc1cc(Cl)c(F)cc1[N+](=O)[O-]. The van der Waals surface area contributed by atoms with E-state index < -0.39 is 10.7 Å². The number of benzene rings is 1. The first-order valence-electron chi connectivity index (χ1n) is 5.35. The molecule has 0 radical (unpaired) electrons. The summed E-state index contributed by atoms with van der Waals surface area (Å²) < 4.78 is 13.2. The maximum Gasteiger partial charge on any atom is 0.295 e. The van der Waals surface area contributed by atoms with E-state index in [4.69, 9.17) is 11.6 Å². The predicted molar refractivity (Wildman–Crippen MR) is 68.7 cm³/mol. The first kappa shape index (κ1) is 13.3. The Labute approximate surface area is 112 Å². The van der Waals surface area contributed by atoms with Gasteiger partial charge < -0.3 is 5.32 Å². The van der Waals surface area contributed by atoms with Gasteiger partial charge in [0.2, 0.25) is 0 Å². The Morgan fingerprint density at radius 3 is 2.89 bits per heavy atom. The molecule has 2 N–H and O–H groups in total. The van der Waals surface area contributed by atoms with E-state index in [0.717, 1.165) is 17.3 Å². The van der Waals surface area contributed by atoms with E-state index >= 15 is 0 Å². The lowest BCUT2D eigenvalue weighted by molar-refractivity contribution is -0.384. The van der Waals surface area contributed by atoms with Crippen molar-refractivity contribution in [1.29, 1.82) is 0 Å². The summed E-state index contributed by atoms with van der Waals surface area (Å²) in [6.07, 6.45) is 1.61. The summed E-state index contributed by atoms with van der Waals surface area (Å²) in [5.74, 6) is -0.821. The molecule has 1 aromatic carbocycles. The zero-order valence-electron chi connectivity index (χ0n) is 9.91. The minimum Gasteiger partial charge on any atom is -0.375 e. The number of H-pyrrole nitrogens is 1. The van der Waals surface area contributed by atoms with Crippen molar-refractivity contribution in [3.8, 4) is 0 Å². The molecule has 0 bridgehead atoms. The van der Waals surface area contributed by atoms with Crippen molar-refractivity contribution in [3.05, 3.63) is 50.5 Å². The fourth-order valence-corrected chi connectivity index (χ4v) is 1.74. The van der Waals surface area contributed by atoms with Crippen molar-refractivity contribution < 1.29 is 9.31 Å². The van der Waals surface area contributed by atoms with Crippen LogP contribution < -0.4 is 5.32 Å². The van der Waals surface area contributed by atoms with Crippen LogP contribution in [0.1, 0.15) is 11.3 Å². The summed E-state index contributed by atoms with van der Waals surface area (Å²) in [5, 5.41) is 20.1. The smallest absolute Gasteiger partial charge is 0.295 e. The molecule has 2 rings (SSSR count). The van der Waals surface area contributed by atoms with Crippen molar-refractivity contribution >= 4 is 23.0 Å². The molecule has 0 saturated carbocycles. The number of halogens is 2. The third kappa shape index (κ3) is 2.82. The topological polar surface area (TPSA) is 83.8 Å². The van der Waals surface area contributed by atoms with Gasteiger partial charge in [-0.15, -0.1) is 0 Å². The molecule has 0 aliphatic heterocycles. The molecule has 1 aromatic heterocycles. The standard InChI is InChI=1S/C11H10ClFN4O2/c1-6-7(5-15-16-6)4-14-10-2-8(12)9(13)3-11(10)17(18)19/h2-3,5,14H,4H2,1H3,(H,15,16). The maximum absolute atomic E-state index is 13.2. The maximum atomic E-state index is 13.2. The average molecular weight is 285 g/mol. The molecule has 2 aromatic rings. The predicted octanol–water partition coefficient (Wildman–Crippen LogP) is 3.03.